The van der Waals surface area contributed by atoms with Crippen molar-refractivity contribution in [3.63, 3.8) is 0 Å². The Labute approximate surface area is 133 Å². The predicted octanol–water partition coefficient (Wildman–Crippen LogP) is 4.79. The molecule has 0 heterocycles. The van der Waals surface area contributed by atoms with Gasteiger partial charge in [-0.15, -0.1) is 0 Å². The maximum atomic E-state index is 9.59. The summed E-state index contributed by atoms with van der Waals surface area (Å²) >= 11 is 3.58. The van der Waals surface area contributed by atoms with E-state index in [-0.39, 0.29) is 5.41 Å². The van der Waals surface area contributed by atoms with E-state index in [1.807, 2.05) is 18.2 Å². The number of anilines is 1. The molecule has 1 aliphatic carbocycles. The van der Waals surface area contributed by atoms with Gasteiger partial charge >= 0.3 is 0 Å². The molecule has 0 unspecified atom stereocenters. The first-order valence-electron chi connectivity index (χ1n) is 7.12. The highest BCUT2D eigenvalue weighted by Gasteiger charge is 2.46. The van der Waals surface area contributed by atoms with Crippen LogP contribution in [0, 0.1) is 18.3 Å². The topological polar surface area (TPSA) is 35.8 Å². The van der Waals surface area contributed by atoms with Gasteiger partial charge in [0, 0.05) is 16.2 Å². The van der Waals surface area contributed by atoms with Crippen LogP contribution < -0.4 is 5.32 Å². The molecule has 1 fully saturated rings. The Hall–Kier alpha value is -1.79. The van der Waals surface area contributed by atoms with Gasteiger partial charge in [-0.2, -0.15) is 5.26 Å². The normalized spacial score (nSPS) is 24.0. The van der Waals surface area contributed by atoms with Crippen LogP contribution in [-0.4, -0.2) is 6.04 Å². The van der Waals surface area contributed by atoms with Gasteiger partial charge in [-0.25, -0.2) is 0 Å². The highest BCUT2D eigenvalue weighted by Crippen LogP contribution is 2.45. The second-order valence-corrected chi connectivity index (χ2v) is 6.65. The Morgan fingerprint density at radius 1 is 1.19 bits per heavy atom. The van der Waals surface area contributed by atoms with E-state index in [4.69, 9.17) is 0 Å². The quantitative estimate of drug-likeness (QED) is 0.871. The molecule has 21 heavy (non-hydrogen) atoms. The van der Waals surface area contributed by atoms with E-state index in [2.05, 4.69) is 64.6 Å². The summed E-state index contributed by atoms with van der Waals surface area (Å²) in [4.78, 5) is 0. The number of hydrogen-bond acceptors (Lipinski definition) is 2. The van der Waals surface area contributed by atoms with Crippen LogP contribution in [0.15, 0.2) is 53.0 Å². The van der Waals surface area contributed by atoms with Gasteiger partial charge in [-0.05, 0) is 59.0 Å². The summed E-state index contributed by atoms with van der Waals surface area (Å²) in [5.74, 6) is 0. The average Bonchev–Trinajstić information content (AvgIpc) is 2.47. The van der Waals surface area contributed by atoms with Crippen molar-refractivity contribution < 1.29 is 0 Å². The lowest BCUT2D eigenvalue weighted by atomic mass is 9.62. The van der Waals surface area contributed by atoms with E-state index < -0.39 is 0 Å². The number of benzene rings is 2. The first kappa shape index (κ1) is 14.2. The highest BCUT2D eigenvalue weighted by molar-refractivity contribution is 9.10. The monoisotopic (exact) mass is 340 g/mol. The Bertz CT molecular complexity index is 682. The molecule has 0 radical (unpaired) electrons. The SMILES string of the molecule is Cc1ccc(Br)c(NC2CC(C#N)(c3ccccc3)C2)c1. The molecular formula is C18H17BrN2. The van der Waals surface area contributed by atoms with Crippen molar-refractivity contribution in [2.24, 2.45) is 0 Å². The fourth-order valence-corrected chi connectivity index (χ4v) is 3.36. The fraction of sp³-hybridized carbons (Fsp3) is 0.278. The van der Waals surface area contributed by atoms with Crippen LogP contribution in [0.3, 0.4) is 0 Å². The summed E-state index contributed by atoms with van der Waals surface area (Å²) in [6.45, 7) is 2.09. The fourth-order valence-electron chi connectivity index (χ4n) is 3.00. The van der Waals surface area contributed by atoms with Crippen LogP contribution in [0.2, 0.25) is 0 Å². The molecule has 3 rings (SSSR count). The summed E-state index contributed by atoms with van der Waals surface area (Å²) in [5.41, 5.74) is 3.15. The molecule has 106 valence electrons. The molecule has 2 aromatic carbocycles. The third kappa shape index (κ3) is 2.69. The van der Waals surface area contributed by atoms with Gasteiger partial charge in [0.15, 0.2) is 0 Å². The van der Waals surface area contributed by atoms with E-state index in [1.54, 1.807) is 0 Å². The van der Waals surface area contributed by atoms with Crippen LogP contribution in [-0.2, 0) is 5.41 Å². The van der Waals surface area contributed by atoms with Crippen molar-refractivity contribution >= 4 is 21.6 Å². The number of aryl methyl sites for hydroxylation is 1. The Morgan fingerprint density at radius 3 is 2.57 bits per heavy atom. The van der Waals surface area contributed by atoms with Crippen molar-refractivity contribution in [3.8, 4) is 6.07 Å². The molecule has 0 amide bonds. The molecule has 0 bridgehead atoms. The van der Waals surface area contributed by atoms with Gasteiger partial charge in [0.2, 0.25) is 0 Å². The minimum atomic E-state index is -0.324. The van der Waals surface area contributed by atoms with E-state index in [1.165, 1.54) is 5.56 Å². The van der Waals surface area contributed by atoms with Gasteiger partial charge in [-0.1, -0.05) is 36.4 Å². The van der Waals surface area contributed by atoms with Gasteiger partial charge in [0.25, 0.3) is 0 Å². The molecule has 1 saturated carbocycles. The van der Waals surface area contributed by atoms with Crippen LogP contribution in [0.5, 0.6) is 0 Å². The molecule has 0 spiro atoms. The van der Waals surface area contributed by atoms with Crippen molar-refractivity contribution in [3.05, 3.63) is 64.1 Å². The summed E-state index contributed by atoms with van der Waals surface area (Å²) in [7, 11) is 0. The lowest BCUT2D eigenvalue weighted by molar-refractivity contribution is 0.289. The van der Waals surface area contributed by atoms with Crippen LogP contribution in [0.4, 0.5) is 5.69 Å². The summed E-state index contributed by atoms with van der Waals surface area (Å²) in [6, 6.07) is 19.3. The molecule has 0 aliphatic heterocycles. The summed E-state index contributed by atoms with van der Waals surface area (Å²) in [6.07, 6.45) is 1.71. The van der Waals surface area contributed by atoms with Crippen LogP contribution in [0.25, 0.3) is 0 Å². The van der Waals surface area contributed by atoms with Gasteiger partial charge < -0.3 is 5.32 Å². The van der Waals surface area contributed by atoms with Gasteiger partial charge in [0.1, 0.15) is 0 Å². The maximum absolute atomic E-state index is 9.59. The zero-order valence-corrected chi connectivity index (χ0v) is 13.5. The molecule has 0 aromatic heterocycles. The van der Waals surface area contributed by atoms with E-state index in [0.29, 0.717) is 6.04 Å². The lowest BCUT2D eigenvalue weighted by Crippen LogP contribution is -2.47. The number of nitriles is 1. The molecule has 0 saturated heterocycles. The minimum absolute atomic E-state index is 0.324. The lowest BCUT2D eigenvalue weighted by Gasteiger charge is -2.43. The molecule has 0 atom stereocenters. The average molecular weight is 341 g/mol. The van der Waals surface area contributed by atoms with Crippen molar-refractivity contribution in [1.82, 2.24) is 0 Å². The minimum Gasteiger partial charge on any atom is -0.381 e. The third-order valence-corrected chi connectivity index (χ3v) is 4.90. The van der Waals surface area contributed by atoms with Crippen molar-refractivity contribution in [1.29, 1.82) is 5.26 Å². The zero-order chi connectivity index (χ0) is 14.9. The van der Waals surface area contributed by atoms with Crippen LogP contribution in [0.1, 0.15) is 24.0 Å². The zero-order valence-electron chi connectivity index (χ0n) is 11.9. The smallest absolute Gasteiger partial charge is 0.0861 e. The first-order valence-corrected chi connectivity index (χ1v) is 7.92. The molecule has 2 aromatic rings. The van der Waals surface area contributed by atoms with Crippen molar-refractivity contribution in [2.45, 2.75) is 31.2 Å². The van der Waals surface area contributed by atoms with Gasteiger partial charge in [-0.3, -0.25) is 0 Å². The number of nitrogens with one attached hydrogen (secondary N) is 1. The second kappa shape index (κ2) is 5.54. The van der Waals surface area contributed by atoms with Crippen molar-refractivity contribution in [2.75, 3.05) is 5.32 Å². The number of hydrogen-bond donors (Lipinski definition) is 1. The molecule has 1 aliphatic rings. The predicted molar refractivity (Wildman–Crippen MR) is 89.3 cm³/mol. The Kier molecular flexibility index (Phi) is 3.73. The summed E-state index contributed by atoms with van der Waals surface area (Å²) < 4.78 is 1.07. The third-order valence-electron chi connectivity index (χ3n) is 4.21. The number of nitrogens with zero attached hydrogens (tertiary/aromatic N) is 1. The highest BCUT2D eigenvalue weighted by atomic mass is 79.9. The molecular weight excluding hydrogens is 324 g/mol. The molecule has 1 N–H and O–H groups in total. The number of rotatable bonds is 3. The Morgan fingerprint density at radius 2 is 1.90 bits per heavy atom. The molecule has 2 nitrogen and oxygen atoms in total. The maximum Gasteiger partial charge on any atom is 0.0861 e. The van der Waals surface area contributed by atoms with Gasteiger partial charge in [0.05, 0.1) is 11.5 Å². The van der Waals surface area contributed by atoms with E-state index >= 15 is 0 Å². The molecule has 3 heteroatoms. The Balaban J connectivity index is 1.73. The number of halogens is 1. The largest absolute Gasteiger partial charge is 0.381 e. The van der Waals surface area contributed by atoms with E-state index in [0.717, 1.165) is 28.6 Å². The van der Waals surface area contributed by atoms with Crippen LogP contribution >= 0.6 is 15.9 Å². The standard InChI is InChI=1S/C18H17BrN2/c1-13-7-8-16(19)17(9-13)21-15-10-18(11-15,12-20)14-5-3-2-4-6-14/h2-9,15,21H,10-11H2,1H3. The van der Waals surface area contributed by atoms with E-state index in [9.17, 15) is 5.26 Å². The second-order valence-electron chi connectivity index (χ2n) is 5.79. The first-order chi connectivity index (χ1) is 10.1. The summed E-state index contributed by atoms with van der Waals surface area (Å²) in [5, 5.41) is 13.1.